The third-order valence-electron chi connectivity index (χ3n) is 4.57. The Morgan fingerprint density at radius 1 is 1.16 bits per heavy atom. The van der Waals surface area contributed by atoms with Crippen molar-refractivity contribution in [1.82, 2.24) is 5.32 Å². The molecule has 1 unspecified atom stereocenters. The third kappa shape index (κ3) is 3.71. The summed E-state index contributed by atoms with van der Waals surface area (Å²) in [5, 5.41) is 2.75. The number of carbonyl (C=O) groups is 2. The van der Waals surface area contributed by atoms with Crippen LogP contribution in [0.3, 0.4) is 0 Å². The second-order valence-corrected chi connectivity index (χ2v) is 6.20. The molecular weight excluding hydrogens is 319 g/mol. The molecule has 3 rings (SSSR count). The minimum absolute atomic E-state index is 0.0491. The standard InChI is InChI=1S/C20H21FN2O2/c1-2-14-7-4-6-10-18(14)23-13-16(11-19(23)24)20(25)22-12-15-8-3-5-9-17(15)21/h3-10,16H,2,11-13H2,1H3,(H,22,25). The van der Waals surface area contributed by atoms with E-state index in [2.05, 4.69) is 5.32 Å². The van der Waals surface area contributed by atoms with E-state index in [4.69, 9.17) is 0 Å². The summed E-state index contributed by atoms with van der Waals surface area (Å²) >= 11 is 0. The molecule has 0 aromatic heterocycles. The zero-order valence-corrected chi connectivity index (χ0v) is 14.2. The fourth-order valence-corrected chi connectivity index (χ4v) is 3.16. The molecule has 1 saturated heterocycles. The number of hydrogen-bond donors (Lipinski definition) is 1. The maximum atomic E-state index is 13.6. The van der Waals surface area contributed by atoms with Gasteiger partial charge in [0.2, 0.25) is 11.8 Å². The lowest BCUT2D eigenvalue weighted by Gasteiger charge is -2.20. The monoisotopic (exact) mass is 340 g/mol. The number of nitrogens with one attached hydrogen (secondary N) is 1. The van der Waals surface area contributed by atoms with Crippen LogP contribution in [0.4, 0.5) is 10.1 Å². The summed E-state index contributed by atoms with van der Waals surface area (Å²) in [5.41, 5.74) is 2.40. The van der Waals surface area contributed by atoms with Gasteiger partial charge in [0.05, 0.1) is 5.92 Å². The molecule has 0 radical (unpaired) electrons. The highest BCUT2D eigenvalue weighted by Gasteiger charge is 2.35. The summed E-state index contributed by atoms with van der Waals surface area (Å²) in [6.45, 7) is 2.53. The third-order valence-corrected chi connectivity index (χ3v) is 4.57. The number of carbonyl (C=O) groups excluding carboxylic acids is 2. The Balaban J connectivity index is 1.66. The zero-order valence-electron chi connectivity index (χ0n) is 14.2. The summed E-state index contributed by atoms with van der Waals surface area (Å²) in [6, 6.07) is 14.1. The predicted octanol–water partition coefficient (Wildman–Crippen LogP) is 3.06. The van der Waals surface area contributed by atoms with Gasteiger partial charge >= 0.3 is 0 Å². The molecule has 2 amide bonds. The van der Waals surface area contributed by atoms with Crippen LogP contribution < -0.4 is 10.2 Å². The SMILES string of the molecule is CCc1ccccc1N1CC(C(=O)NCc2ccccc2F)CC1=O. The van der Waals surface area contributed by atoms with E-state index in [1.807, 2.05) is 31.2 Å². The lowest BCUT2D eigenvalue weighted by molar-refractivity contribution is -0.126. The van der Waals surface area contributed by atoms with Crippen LogP contribution in [0.5, 0.6) is 0 Å². The van der Waals surface area contributed by atoms with Crippen molar-refractivity contribution in [3.8, 4) is 0 Å². The van der Waals surface area contributed by atoms with Crippen molar-refractivity contribution in [1.29, 1.82) is 0 Å². The van der Waals surface area contributed by atoms with E-state index in [1.54, 1.807) is 23.1 Å². The van der Waals surface area contributed by atoms with Crippen LogP contribution in [-0.2, 0) is 22.6 Å². The minimum Gasteiger partial charge on any atom is -0.352 e. The van der Waals surface area contributed by atoms with Crippen molar-refractivity contribution in [2.75, 3.05) is 11.4 Å². The molecule has 130 valence electrons. The average molecular weight is 340 g/mol. The van der Waals surface area contributed by atoms with Crippen molar-refractivity contribution >= 4 is 17.5 Å². The van der Waals surface area contributed by atoms with E-state index in [9.17, 15) is 14.0 Å². The van der Waals surface area contributed by atoms with Gasteiger partial charge in [-0.25, -0.2) is 4.39 Å². The molecular formula is C20H21FN2O2. The molecule has 0 bridgehead atoms. The number of amides is 2. The number of nitrogens with zero attached hydrogens (tertiary/aromatic N) is 1. The first-order valence-corrected chi connectivity index (χ1v) is 8.49. The molecule has 1 N–H and O–H groups in total. The molecule has 0 spiro atoms. The molecule has 2 aromatic rings. The number of benzene rings is 2. The van der Waals surface area contributed by atoms with Crippen molar-refractivity contribution < 1.29 is 14.0 Å². The van der Waals surface area contributed by atoms with E-state index in [0.29, 0.717) is 12.1 Å². The van der Waals surface area contributed by atoms with E-state index in [-0.39, 0.29) is 30.6 Å². The first-order valence-electron chi connectivity index (χ1n) is 8.49. The summed E-state index contributed by atoms with van der Waals surface area (Å²) < 4.78 is 13.6. The van der Waals surface area contributed by atoms with Gasteiger partial charge in [-0.3, -0.25) is 9.59 Å². The Hall–Kier alpha value is -2.69. The zero-order chi connectivity index (χ0) is 17.8. The Morgan fingerprint density at radius 2 is 1.84 bits per heavy atom. The molecule has 0 aliphatic carbocycles. The quantitative estimate of drug-likeness (QED) is 0.909. The maximum Gasteiger partial charge on any atom is 0.227 e. The molecule has 0 saturated carbocycles. The Bertz CT molecular complexity index is 791. The summed E-state index contributed by atoms with van der Waals surface area (Å²) in [4.78, 5) is 26.5. The molecule has 1 atom stereocenters. The first kappa shape index (κ1) is 17.1. The molecule has 25 heavy (non-hydrogen) atoms. The normalized spacial score (nSPS) is 17.0. The first-order chi connectivity index (χ1) is 12.1. The van der Waals surface area contributed by atoms with Crippen molar-refractivity contribution in [2.24, 2.45) is 5.92 Å². The number of halogens is 1. The Morgan fingerprint density at radius 3 is 2.56 bits per heavy atom. The average Bonchev–Trinajstić information content (AvgIpc) is 3.02. The van der Waals surface area contributed by atoms with Gasteiger partial charge in [-0.1, -0.05) is 43.3 Å². The fourth-order valence-electron chi connectivity index (χ4n) is 3.16. The number of aryl methyl sites for hydroxylation is 1. The highest BCUT2D eigenvalue weighted by atomic mass is 19.1. The molecule has 1 aliphatic heterocycles. The molecule has 5 heteroatoms. The van der Waals surface area contributed by atoms with Crippen LogP contribution in [0.1, 0.15) is 24.5 Å². The lowest BCUT2D eigenvalue weighted by atomic mass is 10.1. The number of para-hydroxylation sites is 1. The van der Waals surface area contributed by atoms with Gasteiger partial charge in [0.1, 0.15) is 5.82 Å². The molecule has 1 fully saturated rings. The fraction of sp³-hybridized carbons (Fsp3) is 0.300. The summed E-state index contributed by atoms with van der Waals surface area (Å²) in [5.74, 6) is -1.02. The van der Waals surface area contributed by atoms with E-state index in [0.717, 1.165) is 17.7 Å². The Labute approximate surface area is 146 Å². The number of rotatable bonds is 5. The van der Waals surface area contributed by atoms with Crippen molar-refractivity contribution in [3.05, 3.63) is 65.5 Å². The van der Waals surface area contributed by atoms with Gasteiger partial charge in [0, 0.05) is 30.8 Å². The topological polar surface area (TPSA) is 49.4 Å². The largest absolute Gasteiger partial charge is 0.352 e. The maximum absolute atomic E-state index is 13.6. The lowest BCUT2D eigenvalue weighted by Crippen LogP contribution is -2.33. The smallest absolute Gasteiger partial charge is 0.227 e. The van der Waals surface area contributed by atoms with E-state index >= 15 is 0 Å². The molecule has 2 aromatic carbocycles. The van der Waals surface area contributed by atoms with Gasteiger partial charge in [-0.15, -0.1) is 0 Å². The van der Waals surface area contributed by atoms with Crippen LogP contribution in [0.25, 0.3) is 0 Å². The van der Waals surface area contributed by atoms with E-state index < -0.39 is 5.92 Å². The Kier molecular flexibility index (Phi) is 5.12. The van der Waals surface area contributed by atoms with Gasteiger partial charge < -0.3 is 10.2 Å². The van der Waals surface area contributed by atoms with Gasteiger partial charge in [-0.2, -0.15) is 0 Å². The van der Waals surface area contributed by atoms with Crippen molar-refractivity contribution in [2.45, 2.75) is 26.3 Å². The van der Waals surface area contributed by atoms with Gasteiger partial charge in [-0.05, 0) is 24.1 Å². The number of hydrogen-bond acceptors (Lipinski definition) is 2. The molecule has 4 nitrogen and oxygen atoms in total. The summed E-state index contributed by atoms with van der Waals surface area (Å²) in [6.07, 6.45) is 1.01. The predicted molar refractivity (Wildman–Crippen MR) is 94.5 cm³/mol. The minimum atomic E-state index is -0.413. The summed E-state index contributed by atoms with van der Waals surface area (Å²) in [7, 11) is 0. The van der Waals surface area contributed by atoms with E-state index in [1.165, 1.54) is 6.07 Å². The van der Waals surface area contributed by atoms with Gasteiger partial charge in [0.15, 0.2) is 0 Å². The van der Waals surface area contributed by atoms with Crippen LogP contribution in [-0.4, -0.2) is 18.4 Å². The highest BCUT2D eigenvalue weighted by Crippen LogP contribution is 2.28. The van der Waals surface area contributed by atoms with Crippen LogP contribution in [0, 0.1) is 11.7 Å². The van der Waals surface area contributed by atoms with Crippen LogP contribution in [0.2, 0.25) is 0 Å². The van der Waals surface area contributed by atoms with Crippen molar-refractivity contribution in [3.63, 3.8) is 0 Å². The second kappa shape index (κ2) is 7.47. The molecule has 1 heterocycles. The number of anilines is 1. The second-order valence-electron chi connectivity index (χ2n) is 6.20. The molecule has 1 aliphatic rings. The highest BCUT2D eigenvalue weighted by molar-refractivity contribution is 6.00. The van der Waals surface area contributed by atoms with Crippen LogP contribution >= 0.6 is 0 Å². The van der Waals surface area contributed by atoms with Gasteiger partial charge in [0.25, 0.3) is 0 Å². The van der Waals surface area contributed by atoms with Crippen LogP contribution in [0.15, 0.2) is 48.5 Å².